The van der Waals surface area contributed by atoms with Crippen molar-refractivity contribution in [2.45, 2.75) is 25.6 Å². The smallest absolute Gasteiger partial charge is 0.337 e. The van der Waals surface area contributed by atoms with Crippen LogP contribution >= 0.6 is 0 Å². The fraction of sp³-hybridized carbons (Fsp3) is 0.467. The molecular weight excluding hydrogens is 272 g/mol. The summed E-state index contributed by atoms with van der Waals surface area (Å²) < 4.78 is 10.1. The standard InChI is InChI=1S/C15H20N2O4/c1-10-13(16-6-7-21-10)14(18)17-9-11-4-3-5-12(8-11)15(19)20-2/h3-5,8,10,13,16H,6-7,9H2,1-2H3,(H,17,18)/t10-,13+/m1/s1. The predicted octanol–water partition coefficient (Wildman–Crippen LogP) is 0.466. The van der Waals surface area contributed by atoms with Gasteiger partial charge in [-0.2, -0.15) is 0 Å². The van der Waals surface area contributed by atoms with Crippen LogP contribution < -0.4 is 10.6 Å². The van der Waals surface area contributed by atoms with E-state index in [0.717, 1.165) is 5.56 Å². The van der Waals surface area contributed by atoms with Crippen molar-refractivity contribution in [1.82, 2.24) is 10.6 Å². The molecule has 2 atom stereocenters. The molecule has 0 aliphatic carbocycles. The van der Waals surface area contributed by atoms with Gasteiger partial charge >= 0.3 is 5.97 Å². The van der Waals surface area contributed by atoms with Crippen molar-refractivity contribution in [1.29, 1.82) is 0 Å². The van der Waals surface area contributed by atoms with Gasteiger partial charge in [-0.3, -0.25) is 4.79 Å². The second-order valence-electron chi connectivity index (χ2n) is 4.92. The van der Waals surface area contributed by atoms with E-state index in [1.807, 2.05) is 13.0 Å². The molecule has 0 spiro atoms. The SMILES string of the molecule is COC(=O)c1cccc(CNC(=O)[C@H]2NCCO[C@@H]2C)c1. The van der Waals surface area contributed by atoms with Gasteiger partial charge < -0.3 is 20.1 Å². The van der Waals surface area contributed by atoms with Crippen LogP contribution in [0, 0.1) is 0 Å². The number of nitrogens with one attached hydrogen (secondary N) is 2. The van der Waals surface area contributed by atoms with Crippen molar-refractivity contribution in [2.75, 3.05) is 20.3 Å². The summed E-state index contributed by atoms with van der Waals surface area (Å²) in [5.74, 6) is -0.496. The average Bonchev–Trinajstić information content (AvgIpc) is 2.52. The van der Waals surface area contributed by atoms with Gasteiger partial charge in [0.25, 0.3) is 0 Å². The number of hydrogen-bond donors (Lipinski definition) is 2. The van der Waals surface area contributed by atoms with Crippen LogP contribution in [-0.4, -0.2) is 44.3 Å². The number of benzene rings is 1. The molecule has 0 aromatic heterocycles. The third-order valence-electron chi connectivity index (χ3n) is 3.41. The van der Waals surface area contributed by atoms with Crippen LogP contribution in [-0.2, 0) is 20.8 Å². The summed E-state index contributed by atoms with van der Waals surface area (Å²) >= 11 is 0. The van der Waals surface area contributed by atoms with Crippen LogP contribution in [0.25, 0.3) is 0 Å². The molecule has 114 valence electrons. The summed E-state index contributed by atoms with van der Waals surface area (Å²) in [6.07, 6.45) is -0.153. The zero-order valence-corrected chi connectivity index (χ0v) is 12.2. The van der Waals surface area contributed by atoms with Gasteiger partial charge in [0.1, 0.15) is 6.04 Å². The molecule has 0 saturated carbocycles. The Bertz CT molecular complexity index is 518. The Balaban J connectivity index is 1.93. The van der Waals surface area contributed by atoms with E-state index in [0.29, 0.717) is 25.3 Å². The first-order chi connectivity index (χ1) is 10.1. The number of esters is 1. The highest BCUT2D eigenvalue weighted by Gasteiger charge is 2.27. The predicted molar refractivity (Wildman–Crippen MR) is 76.8 cm³/mol. The summed E-state index contributed by atoms with van der Waals surface area (Å²) in [6, 6.07) is 6.65. The third-order valence-corrected chi connectivity index (χ3v) is 3.41. The highest BCUT2D eigenvalue weighted by molar-refractivity contribution is 5.89. The number of rotatable bonds is 4. The number of carbonyl (C=O) groups excluding carboxylic acids is 2. The zero-order chi connectivity index (χ0) is 15.2. The molecule has 2 rings (SSSR count). The largest absolute Gasteiger partial charge is 0.465 e. The Morgan fingerprint density at radius 3 is 3.00 bits per heavy atom. The van der Waals surface area contributed by atoms with Crippen LogP contribution in [0.4, 0.5) is 0 Å². The molecule has 0 bridgehead atoms. The van der Waals surface area contributed by atoms with E-state index in [-0.39, 0.29) is 24.0 Å². The van der Waals surface area contributed by atoms with Gasteiger partial charge in [-0.15, -0.1) is 0 Å². The maximum absolute atomic E-state index is 12.1. The Hall–Kier alpha value is -1.92. The fourth-order valence-corrected chi connectivity index (χ4v) is 2.25. The molecular formula is C15H20N2O4. The van der Waals surface area contributed by atoms with Crippen molar-refractivity contribution < 1.29 is 19.1 Å². The maximum Gasteiger partial charge on any atom is 0.337 e. The Morgan fingerprint density at radius 1 is 1.48 bits per heavy atom. The molecule has 1 aliphatic heterocycles. The van der Waals surface area contributed by atoms with E-state index in [2.05, 4.69) is 15.4 Å². The van der Waals surface area contributed by atoms with Crippen LogP contribution in [0.15, 0.2) is 24.3 Å². The Labute approximate surface area is 123 Å². The minimum atomic E-state index is -0.390. The van der Waals surface area contributed by atoms with Crippen molar-refractivity contribution in [3.05, 3.63) is 35.4 Å². The lowest BCUT2D eigenvalue weighted by Gasteiger charge is -2.29. The zero-order valence-electron chi connectivity index (χ0n) is 12.2. The van der Waals surface area contributed by atoms with Gasteiger partial charge in [-0.05, 0) is 24.6 Å². The van der Waals surface area contributed by atoms with Crippen molar-refractivity contribution in [3.8, 4) is 0 Å². The van der Waals surface area contributed by atoms with Crippen molar-refractivity contribution in [2.24, 2.45) is 0 Å². The first-order valence-electron chi connectivity index (χ1n) is 6.92. The Morgan fingerprint density at radius 2 is 2.29 bits per heavy atom. The van der Waals surface area contributed by atoms with Crippen LogP contribution in [0.5, 0.6) is 0 Å². The van der Waals surface area contributed by atoms with Gasteiger partial charge in [0, 0.05) is 13.1 Å². The molecule has 1 saturated heterocycles. The minimum absolute atomic E-state index is 0.106. The number of amides is 1. The molecule has 1 fully saturated rings. The molecule has 2 N–H and O–H groups in total. The minimum Gasteiger partial charge on any atom is -0.465 e. The fourth-order valence-electron chi connectivity index (χ4n) is 2.25. The van der Waals surface area contributed by atoms with Crippen molar-refractivity contribution in [3.63, 3.8) is 0 Å². The lowest BCUT2D eigenvalue weighted by molar-refractivity contribution is -0.129. The number of ether oxygens (including phenoxy) is 2. The quantitative estimate of drug-likeness (QED) is 0.789. The first kappa shape index (κ1) is 15.5. The van der Waals surface area contributed by atoms with E-state index in [1.54, 1.807) is 18.2 Å². The van der Waals surface area contributed by atoms with Crippen LogP contribution in [0.2, 0.25) is 0 Å². The maximum atomic E-state index is 12.1. The molecule has 0 radical (unpaired) electrons. The number of methoxy groups -OCH3 is 1. The molecule has 21 heavy (non-hydrogen) atoms. The molecule has 1 aliphatic rings. The number of morpholine rings is 1. The lowest BCUT2D eigenvalue weighted by atomic mass is 10.1. The van der Waals surface area contributed by atoms with Crippen LogP contribution in [0.1, 0.15) is 22.8 Å². The normalized spacial score (nSPS) is 21.6. The third kappa shape index (κ3) is 4.03. The summed E-state index contributed by atoms with van der Waals surface area (Å²) in [5.41, 5.74) is 1.31. The van der Waals surface area contributed by atoms with E-state index in [9.17, 15) is 9.59 Å². The summed E-state index contributed by atoms with van der Waals surface area (Å²) in [4.78, 5) is 23.6. The molecule has 6 nitrogen and oxygen atoms in total. The summed E-state index contributed by atoms with van der Waals surface area (Å²) in [5, 5.41) is 5.98. The molecule has 6 heteroatoms. The molecule has 1 aromatic rings. The number of carbonyl (C=O) groups is 2. The molecule has 1 heterocycles. The van der Waals surface area contributed by atoms with Gasteiger partial charge in [0.05, 0.1) is 25.4 Å². The molecule has 1 aromatic carbocycles. The van der Waals surface area contributed by atoms with E-state index >= 15 is 0 Å². The second kappa shape index (κ2) is 7.19. The highest BCUT2D eigenvalue weighted by atomic mass is 16.5. The molecule has 1 amide bonds. The van der Waals surface area contributed by atoms with Crippen LogP contribution in [0.3, 0.4) is 0 Å². The summed E-state index contributed by atoms with van der Waals surface area (Å²) in [6.45, 7) is 3.51. The highest BCUT2D eigenvalue weighted by Crippen LogP contribution is 2.08. The Kier molecular flexibility index (Phi) is 5.30. The average molecular weight is 292 g/mol. The number of hydrogen-bond acceptors (Lipinski definition) is 5. The van der Waals surface area contributed by atoms with Crippen molar-refractivity contribution >= 4 is 11.9 Å². The topological polar surface area (TPSA) is 76.7 Å². The first-order valence-corrected chi connectivity index (χ1v) is 6.92. The second-order valence-corrected chi connectivity index (χ2v) is 4.92. The van der Waals surface area contributed by atoms with Gasteiger partial charge in [-0.25, -0.2) is 4.79 Å². The van der Waals surface area contributed by atoms with Gasteiger partial charge in [0.15, 0.2) is 0 Å². The van der Waals surface area contributed by atoms with Gasteiger partial charge in [0.2, 0.25) is 5.91 Å². The monoisotopic (exact) mass is 292 g/mol. The van der Waals surface area contributed by atoms with E-state index < -0.39 is 0 Å². The molecule has 0 unspecified atom stereocenters. The summed E-state index contributed by atoms with van der Waals surface area (Å²) in [7, 11) is 1.34. The van der Waals surface area contributed by atoms with E-state index in [1.165, 1.54) is 7.11 Å². The van der Waals surface area contributed by atoms with Gasteiger partial charge in [-0.1, -0.05) is 12.1 Å². The lowest BCUT2D eigenvalue weighted by Crippen LogP contribution is -2.55. The van der Waals surface area contributed by atoms with E-state index in [4.69, 9.17) is 4.74 Å².